The van der Waals surface area contributed by atoms with Gasteiger partial charge in [0.25, 0.3) is 11.6 Å². The molecule has 2 unspecified atom stereocenters. The average molecular weight is 375 g/mol. The summed E-state index contributed by atoms with van der Waals surface area (Å²) in [5.74, 6) is -0.785. The number of anilines is 1. The Bertz CT molecular complexity index is 734. The zero-order valence-corrected chi connectivity index (χ0v) is 15.6. The van der Waals surface area contributed by atoms with E-state index >= 15 is 0 Å². The molecule has 8 nitrogen and oxygen atoms in total. The number of piperidine rings is 1. The van der Waals surface area contributed by atoms with E-state index in [0.717, 1.165) is 25.9 Å². The lowest BCUT2D eigenvalue weighted by Crippen LogP contribution is -2.36. The van der Waals surface area contributed by atoms with Crippen molar-refractivity contribution in [3.05, 3.63) is 46.5 Å². The summed E-state index contributed by atoms with van der Waals surface area (Å²) in [7, 11) is 0. The van der Waals surface area contributed by atoms with E-state index in [1.165, 1.54) is 25.1 Å². The van der Waals surface area contributed by atoms with Crippen LogP contribution in [0.25, 0.3) is 0 Å². The smallest absolute Gasteiger partial charge is 0.339 e. The third-order valence-electron chi connectivity index (χ3n) is 4.48. The third kappa shape index (κ3) is 5.29. The predicted molar refractivity (Wildman–Crippen MR) is 102 cm³/mol. The van der Waals surface area contributed by atoms with Gasteiger partial charge in [-0.2, -0.15) is 0 Å². The van der Waals surface area contributed by atoms with Gasteiger partial charge in [-0.05, 0) is 37.8 Å². The molecule has 1 aliphatic heterocycles. The van der Waals surface area contributed by atoms with Gasteiger partial charge in [-0.15, -0.1) is 6.58 Å². The molecule has 1 aromatic carbocycles. The number of nitrogens with zero attached hydrogens (tertiary/aromatic N) is 2. The first kappa shape index (κ1) is 20.4. The number of nitro groups is 1. The molecule has 2 rings (SSSR count). The lowest BCUT2D eigenvalue weighted by molar-refractivity contribution is -0.384. The molecular weight excluding hydrogens is 350 g/mol. The number of ether oxygens (including phenoxy) is 1. The Kier molecular flexibility index (Phi) is 6.92. The van der Waals surface area contributed by atoms with E-state index in [0.29, 0.717) is 11.6 Å². The van der Waals surface area contributed by atoms with Crippen LogP contribution in [0.5, 0.6) is 0 Å². The van der Waals surface area contributed by atoms with Crippen molar-refractivity contribution in [2.24, 2.45) is 5.92 Å². The van der Waals surface area contributed by atoms with Crippen molar-refractivity contribution in [3.8, 4) is 0 Å². The van der Waals surface area contributed by atoms with Crippen LogP contribution in [0.3, 0.4) is 0 Å². The molecule has 1 fully saturated rings. The Balaban J connectivity index is 2.17. The predicted octanol–water partition coefficient (Wildman–Crippen LogP) is 2.68. The number of nitro benzene ring substituents is 1. The highest BCUT2D eigenvalue weighted by Gasteiger charge is 2.26. The number of hydrogen-bond donors (Lipinski definition) is 1. The van der Waals surface area contributed by atoms with Crippen molar-refractivity contribution < 1.29 is 19.2 Å². The highest BCUT2D eigenvalue weighted by molar-refractivity contribution is 5.93. The molecule has 0 spiro atoms. The molecule has 1 aliphatic rings. The van der Waals surface area contributed by atoms with E-state index in [9.17, 15) is 19.7 Å². The SMILES string of the molecule is C=CCNC(=O)C(C)OC(=O)c1ccc(N2CCCC(C)C2)c([N+](=O)[O-])c1. The van der Waals surface area contributed by atoms with Crippen molar-refractivity contribution in [2.45, 2.75) is 32.8 Å². The van der Waals surface area contributed by atoms with Crippen molar-refractivity contribution in [1.29, 1.82) is 0 Å². The third-order valence-corrected chi connectivity index (χ3v) is 4.48. The van der Waals surface area contributed by atoms with Gasteiger partial charge >= 0.3 is 5.97 Å². The number of benzene rings is 1. The highest BCUT2D eigenvalue weighted by atomic mass is 16.6. The zero-order valence-electron chi connectivity index (χ0n) is 15.6. The fourth-order valence-electron chi connectivity index (χ4n) is 3.07. The molecule has 27 heavy (non-hydrogen) atoms. The number of carbonyl (C=O) groups excluding carboxylic acids is 2. The first-order valence-corrected chi connectivity index (χ1v) is 8.96. The molecular formula is C19H25N3O5. The van der Waals surface area contributed by atoms with Gasteiger partial charge in [-0.3, -0.25) is 14.9 Å². The van der Waals surface area contributed by atoms with E-state index in [1.807, 2.05) is 4.90 Å². The summed E-state index contributed by atoms with van der Waals surface area (Å²) in [6.45, 7) is 8.79. The van der Waals surface area contributed by atoms with Crippen molar-refractivity contribution in [2.75, 3.05) is 24.5 Å². The maximum absolute atomic E-state index is 12.3. The van der Waals surface area contributed by atoms with Crippen molar-refractivity contribution in [1.82, 2.24) is 5.32 Å². The van der Waals surface area contributed by atoms with E-state index in [4.69, 9.17) is 4.74 Å². The normalized spacial score (nSPS) is 17.7. The largest absolute Gasteiger partial charge is 0.449 e. The molecule has 146 valence electrons. The molecule has 0 bridgehead atoms. The molecule has 8 heteroatoms. The molecule has 0 saturated carbocycles. The summed E-state index contributed by atoms with van der Waals surface area (Å²) in [4.78, 5) is 37.1. The van der Waals surface area contributed by atoms with Gasteiger partial charge in [0.1, 0.15) is 5.69 Å². The Hall–Kier alpha value is -2.90. The summed E-state index contributed by atoms with van der Waals surface area (Å²) in [5.41, 5.74) is 0.404. The van der Waals surface area contributed by atoms with Crippen LogP contribution in [0, 0.1) is 16.0 Å². The molecule has 0 radical (unpaired) electrons. The molecule has 1 amide bonds. The van der Waals surface area contributed by atoms with E-state index in [-0.39, 0.29) is 17.8 Å². The Morgan fingerprint density at radius 3 is 2.89 bits per heavy atom. The minimum atomic E-state index is -1.01. The highest BCUT2D eigenvalue weighted by Crippen LogP contribution is 2.32. The first-order valence-electron chi connectivity index (χ1n) is 8.96. The standard InChI is InChI=1S/C19H25N3O5/c1-4-9-20-18(23)14(3)27-19(24)15-7-8-16(17(11-15)22(25)26)21-10-5-6-13(2)12-21/h4,7-8,11,13-14H,1,5-6,9-10,12H2,2-3H3,(H,20,23). The molecule has 1 saturated heterocycles. The Morgan fingerprint density at radius 2 is 2.26 bits per heavy atom. The van der Waals surface area contributed by atoms with Gasteiger partial charge in [0, 0.05) is 25.7 Å². The number of esters is 1. The van der Waals surface area contributed by atoms with Crippen molar-refractivity contribution >= 4 is 23.3 Å². The lowest BCUT2D eigenvalue weighted by Gasteiger charge is -2.32. The number of rotatable bonds is 7. The molecule has 1 heterocycles. The second kappa shape index (κ2) is 9.16. The Morgan fingerprint density at radius 1 is 1.52 bits per heavy atom. The minimum absolute atomic E-state index is 0.0406. The van der Waals surface area contributed by atoms with E-state index in [2.05, 4.69) is 18.8 Å². The van der Waals surface area contributed by atoms with Crippen molar-refractivity contribution in [3.63, 3.8) is 0 Å². The summed E-state index contributed by atoms with van der Waals surface area (Å²) < 4.78 is 5.11. The fraction of sp³-hybridized carbons (Fsp3) is 0.474. The summed E-state index contributed by atoms with van der Waals surface area (Å²) in [5, 5.41) is 14.0. The number of amides is 1. The quantitative estimate of drug-likeness (QED) is 0.340. The van der Waals surface area contributed by atoms with Crippen LogP contribution >= 0.6 is 0 Å². The van der Waals surface area contributed by atoms with Gasteiger partial charge in [0.2, 0.25) is 0 Å². The summed E-state index contributed by atoms with van der Waals surface area (Å²) in [6, 6.07) is 4.29. The second-order valence-corrected chi connectivity index (χ2v) is 6.74. The Labute approximate surface area is 158 Å². The fourth-order valence-corrected chi connectivity index (χ4v) is 3.07. The van der Waals surface area contributed by atoms with Gasteiger partial charge < -0.3 is 15.0 Å². The minimum Gasteiger partial charge on any atom is -0.449 e. The monoisotopic (exact) mass is 375 g/mol. The van der Waals surface area contributed by atoms with Crippen LogP contribution in [0.15, 0.2) is 30.9 Å². The van der Waals surface area contributed by atoms with Crippen LogP contribution in [-0.2, 0) is 9.53 Å². The maximum atomic E-state index is 12.3. The van der Waals surface area contributed by atoms with Gasteiger partial charge in [0.15, 0.2) is 6.10 Å². The maximum Gasteiger partial charge on any atom is 0.339 e. The van der Waals surface area contributed by atoms with Gasteiger partial charge in [0.05, 0.1) is 10.5 Å². The van der Waals surface area contributed by atoms with Crippen LogP contribution in [0.4, 0.5) is 11.4 Å². The molecule has 1 aromatic rings. The number of nitrogens with one attached hydrogen (secondary N) is 1. The zero-order chi connectivity index (χ0) is 20.0. The lowest BCUT2D eigenvalue weighted by atomic mass is 9.99. The number of hydrogen-bond acceptors (Lipinski definition) is 6. The molecule has 2 atom stereocenters. The van der Waals surface area contributed by atoms with Gasteiger partial charge in [-0.25, -0.2) is 4.79 Å². The topological polar surface area (TPSA) is 102 Å². The van der Waals surface area contributed by atoms with Crippen LogP contribution in [-0.4, -0.2) is 42.5 Å². The first-order chi connectivity index (χ1) is 12.8. The summed E-state index contributed by atoms with van der Waals surface area (Å²) in [6.07, 6.45) is 2.56. The van der Waals surface area contributed by atoms with E-state index < -0.39 is 22.9 Å². The molecule has 1 N–H and O–H groups in total. The molecule has 0 aromatic heterocycles. The average Bonchev–Trinajstić information content (AvgIpc) is 2.65. The molecule has 0 aliphatic carbocycles. The van der Waals surface area contributed by atoms with Crippen LogP contribution < -0.4 is 10.2 Å². The van der Waals surface area contributed by atoms with E-state index in [1.54, 1.807) is 6.07 Å². The summed E-state index contributed by atoms with van der Waals surface area (Å²) >= 11 is 0. The number of carbonyl (C=O) groups is 2. The van der Waals surface area contributed by atoms with Gasteiger partial charge in [-0.1, -0.05) is 13.0 Å². The van der Waals surface area contributed by atoms with Crippen LogP contribution in [0.1, 0.15) is 37.0 Å². The second-order valence-electron chi connectivity index (χ2n) is 6.74. The van der Waals surface area contributed by atoms with Crippen LogP contribution in [0.2, 0.25) is 0 Å².